The lowest BCUT2D eigenvalue weighted by molar-refractivity contribution is -0.147. The number of hydrogen-bond donors (Lipinski definition) is 0. The second-order valence-electron chi connectivity index (χ2n) is 8.97. The van der Waals surface area contributed by atoms with E-state index in [2.05, 4.69) is 43.4 Å². The third-order valence-corrected chi connectivity index (χ3v) is 5.33. The SMILES string of the molecule is CCCCCCCCC=CCCCCCCC=CCCC=CCCCC(=O)OC(C)C. The van der Waals surface area contributed by atoms with Gasteiger partial charge in [-0.1, -0.05) is 88.3 Å². The van der Waals surface area contributed by atoms with E-state index in [-0.39, 0.29) is 12.1 Å². The molecular weight excluding hydrogens is 380 g/mol. The van der Waals surface area contributed by atoms with Crippen LogP contribution in [0.15, 0.2) is 36.5 Å². The average molecular weight is 433 g/mol. The minimum absolute atomic E-state index is 0.00322. The Balaban J connectivity index is 3.29. The van der Waals surface area contributed by atoms with Crippen molar-refractivity contribution in [3.05, 3.63) is 36.5 Å². The zero-order chi connectivity index (χ0) is 22.8. The number of hydrogen-bond acceptors (Lipinski definition) is 2. The van der Waals surface area contributed by atoms with Crippen molar-refractivity contribution < 1.29 is 9.53 Å². The van der Waals surface area contributed by atoms with Crippen LogP contribution >= 0.6 is 0 Å². The number of esters is 1. The van der Waals surface area contributed by atoms with E-state index in [9.17, 15) is 4.79 Å². The van der Waals surface area contributed by atoms with E-state index in [1.165, 1.54) is 83.5 Å². The lowest BCUT2D eigenvalue weighted by Crippen LogP contribution is -2.10. The fourth-order valence-corrected chi connectivity index (χ4v) is 3.51. The Bertz CT molecular complexity index is 459. The molecule has 0 fully saturated rings. The van der Waals surface area contributed by atoms with E-state index in [1.54, 1.807) is 0 Å². The maximum atomic E-state index is 11.4. The first-order chi connectivity index (χ1) is 15.2. The van der Waals surface area contributed by atoms with Crippen LogP contribution in [0.2, 0.25) is 0 Å². The van der Waals surface area contributed by atoms with Crippen LogP contribution in [0.3, 0.4) is 0 Å². The van der Waals surface area contributed by atoms with Crippen LogP contribution in [0.1, 0.15) is 136 Å². The molecule has 0 rings (SSSR count). The second kappa shape index (κ2) is 25.0. The van der Waals surface area contributed by atoms with Gasteiger partial charge in [0.25, 0.3) is 0 Å². The van der Waals surface area contributed by atoms with Gasteiger partial charge in [0, 0.05) is 6.42 Å². The molecule has 0 atom stereocenters. The minimum Gasteiger partial charge on any atom is -0.463 e. The molecule has 2 heteroatoms. The second-order valence-corrected chi connectivity index (χ2v) is 8.97. The zero-order valence-corrected chi connectivity index (χ0v) is 21.1. The molecule has 0 radical (unpaired) electrons. The molecule has 2 nitrogen and oxygen atoms in total. The number of ether oxygens (including phenoxy) is 1. The Kier molecular flexibility index (Phi) is 23.9. The zero-order valence-electron chi connectivity index (χ0n) is 21.1. The van der Waals surface area contributed by atoms with E-state index in [1.807, 2.05) is 13.8 Å². The van der Waals surface area contributed by atoms with Gasteiger partial charge in [-0.25, -0.2) is 0 Å². The summed E-state index contributed by atoms with van der Waals surface area (Å²) in [5.74, 6) is -0.0775. The Morgan fingerprint density at radius 1 is 0.581 bits per heavy atom. The highest BCUT2D eigenvalue weighted by molar-refractivity contribution is 5.69. The Hall–Kier alpha value is -1.31. The van der Waals surface area contributed by atoms with Gasteiger partial charge in [-0.3, -0.25) is 4.79 Å². The van der Waals surface area contributed by atoms with Crippen molar-refractivity contribution in [3.8, 4) is 0 Å². The van der Waals surface area contributed by atoms with Crippen molar-refractivity contribution in [2.75, 3.05) is 0 Å². The molecule has 0 aromatic heterocycles. The van der Waals surface area contributed by atoms with E-state index < -0.39 is 0 Å². The molecule has 0 aromatic rings. The molecule has 0 aliphatic carbocycles. The first-order valence-electron chi connectivity index (χ1n) is 13.3. The summed E-state index contributed by atoms with van der Waals surface area (Å²) in [6, 6.07) is 0. The van der Waals surface area contributed by atoms with E-state index in [0.29, 0.717) is 6.42 Å². The fourth-order valence-electron chi connectivity index (χ4n) is 3.51. The molecule has 0 aliphatic heterocycles. The average Bonchev–Trinajstić information content (AvgIpc) is 2.73. The molecule has 0 aliphatic rings. The maximum absolute atomic E-state index is 11.4. The predicted molar refractivity (Wildman–Crippen MR) is 137 cm³/mol. The maximum Gasteiger partial charge on any atom is 0.306 e. The highest BCUT2D eigenvalue weighted by atomic mass is 16.5. The van der Waals surface area contributed by atoms with Crippen molar-refractivity contribution in [1.82, 2.24) is 0 Å². The van der Waals surface area contributed by atoms with Crippen molar-refractivity contribution in [3.63, 3.8) is 0 Å². The molecule has 0 aromatic carbocycles. The molecule has 0 bridgehead atoms. The monoisotopic (exact) mass is 432 g/mol. The first-order valence-corrected chi connectivity index (χ1v) is 13.3. The van der Waals surface area contributed by atoms with Gasteiger partial charge in [0.1, 0.15) is 0 Å². The summed E-state index contributed by atoms with van der Waals surface area (Å²) in [6.45, 7) is 6.06. The molecule has 31 heavy (non-hydrogen) atoms. The van der Waals surface area contributed by atoms with Crippen LogP contribution in [0.5, 0.6) is 0 Å². The Morgan fingerprint density at radius 2 is 0.968 bits per heavy atom. The van der Waals surface area contributed by atoms with Crippen LogP contribution in [0, 0.1) is 0 Å². The Labute approximate surface area is 194 Å². The van der Waals surface area contributed by atoms with Gasteiger partial charge in [-0.05, 0) is 78.1 Å². The van der Waals surface area contributed by atoms with Gasteiger partial charge >= 0.3 is 5.97 Å². The van der Waals surface area contributed by atoms with Gasteiger partial charge in [0.2, 0.25) is 0 Å². The topological polar surface area (TPSA) is 26.3 Å². The molecule has 0 unspecified atom stereocenters. The number of allylic oxidation sites excluding steroid dienone is 6. The lowest BCUT2D eigenvalue weighted by atomic mass is 10.1. The van der Waals surface area contributed by atoms with Gasteiger partial charge in [0.05, 0.1) is 6.10 Å². The lowest BCUT2D eigenvalue weighted by Gasteiger charge is -2.06. The predicted octanol–water partition coefficient (Wildman–Crippen LogP) is 9.65. The molecule has 0 saturated heterocycles. The van der Waals surface area contributed by atoms with Crippen LogP contribution in [0.4, 0.5) is 0 Å². The minimum atomic E-state index is -0.0775. The summed E-state index contributed by atoms with van der Waals surface area (Å²) in [5, 5.41) is 0. The summed E-state index contributed by atoms with van der Waals surface area (Å²) in [7, 11) is 0. The molecule has 180 valence electrons. The normalized spacial score (nSPS) is 12.1. The van der Waals surface area contributed by atoms with Gasteiger partial charge in [-0.2, -0.15) is 0 Å². The quantitative estimate of drug-likeness (QED) is 0.0966. The summed E-state index contributed by atoms with van der Waals surface area (Å²) in [5.41, 5.74) is 0. The van der Waals surface area contributed by atoms with Crippen molar-refractivity contribution in [1.29, 1.82) is 0 Å². The van der Waals surface area contributed by atoms with Gasteiger partial charge < -0.3 is 4.74 Å². The standard InChI is InChI=1S/C29H52O2/c1-4-5-6-7-8-9-10-11-12-13-14-15-16-17-18-19-20-21-22-23-24-25-26-27-29(30)31-28(2)3/h11-12,19-20,23-24,28H,4-10,13-18,21-22,25-27H2,1-3H3. The molecular formula is C29H52O2. The highest BCUT2D eigenvalue weighted by Crippen LogP contribution is 2.10. The smallest absolute Gasteiger partial charge is 0.306 e. The first kappa shape index (κ1) is 29.7. The highest BCUT2D eigenvalue weighted by Gasteiger charge is 2.03. The molecule has 0 N–H and O–H groups in total. The molecule has 0 saturated carbocycles. The van der Waals surface area contributed by atoms with Crippen LogP contribution in [-0.4, -0.2) is 12.1 Å². The molecule has 0 spiro atoms. The fraction of sp³-hybridized carbons (Fsp3) is 0.759. The van der Waals surface area contributed by atoms with Crippen LogP contribution in [0.25, 0.3) is 0 Å². The van der Waals surface area contributed by atoms with E-state index in [0.717, 1.165) is 25.7 Å². The van der Waals surface area contributed by atoms with E-state index >= 15 is 0 Å². The largest absolute Gasteiger partial charge is 0.463 e. The number of carbonyl (C=O) groups is 1. The van der Waals surface area contributed by atoms with Crippen LogP contribution in [-0.2, 0) is 9.53 Å². The summed E-state index contributed by atoms with van der Waals surface area (Å²) in [6.07, 6.45) is 36.0. The number of unbranched alkanes of at least 4 members (excludes halogenated alkanes) is 13. The third-order valence-electron chi connectivity index (χ3n) is 5.33. The summed E-state index contributed by atoms with van der Waals surface area (Å²) in [4.78, 5) is 11.4. The molecule has 0 amide bonds. The van der Waals surface area contributed by atoms with Crippen molar-refractivity contribution >= 4 is 5.97 Å². The van der Waals surface area contributed by atoms with E-state index in [4.69, 9.17) is 4.74 Å². The van der Waals surface area contributed by atoms with Gasteiger partial charge in [-0.15, -0.1) is 0 Å². The number of carbonyl (C=O) groups excluding carboxylic acids is 1. The third kappa shape index (κ3) is 26.7. The van der Waals surface area contributed by atoms with Crippen LogP contribution < -0.4 is 0 Å². The summed E-state index contributed by atoms with van der Waals surface area (Å²) >= 11 is 0. The van der Waals surface area contributed by atoms with Crippen molar-refractivity contribution in [2.45, 2.75) is 142 Å². The van der Waals surface area contributed by atoms with Gasteiger partial charge in [0.15, 0.2) is 0 Å². The molecule has 0 heterocycles. The number of rotatable bonds is 22. The summed E-state index contributed by atoms with van der Waals surface area (Å²) < 4.78 is 5.12. The Morgan fingerprint density at radius 3 is 1.42 bits per heavy atom. The van der Waals surface area contributed by atoms with Crippen molar-refractivity contribution in [2.24, 2.45) is 0 Å².